The minimum absolute atomic E-state index is 0. The highest BCUT2D eigenvalue weighted by Crippen LogP contribution is 2.50. The lowest BCUT2D eigenvalue weighted by Gasteiger charge is -2.43. The van der Waals surface area contributed by atoms with E-state index in [0.29, 0.717) is 12.4 Å². The summed E-state index contributed by atoms with van der Waals surface area (Å²) in [6.07, 6.45) is 3.41. The summed E-state index contributed by atoms with van der Waals surface area (Å²) in [4.78, 5) is 2.12. The number of nitrogens with zero attached hydrogens (tertiary/aromatic N) is 1. The van der Waals surface area contributed by atoms with Gasteiger partial charge in [0.15, 0.2) is 0 Å². The van der Waals surface area contributed by atoms with Crippen molar-refractivity contribution in [3.63, 3.8) is 0 Å². The van der Waals surface area contributed by atoms with E-state index in [1.807, 2.05) is 12.1 Å². The Balaban J connectivity index is 0.00000341. The number of hydrogen-bond donors (Lipinski definition) is 1. The maximum absolute atomic E-state index is 9.81. The van der Waals surface area contributed by atoms with Gasteiger partial charge in [-0.1, -0.05) is 57.5 Å². The molecule has 0 radical (unpaired) electrons. The zero-order valence-electron chi connectivity index (χ0n) is 19.9. The topological polar surface area (TPSA) is 32.7 Å². The Morgan fingerprint density at radius 3 is 1.84 bits per heavy atom. The Morgan fingerprint density at radius 2 is 1.35 bits per heavy atom. The lowest BCUT2D eigenvalue weighted by molar-refractivity contribution is 0.154. The van der Waals surface area contributed by atoms with Crippen molar-refractivity contribution in [3.8, 4) is 11.5 Å². The fourth-order valence-electron chi connectivity index (χ4n) is 5.08. The van der Waals surface area contributed by atoms with Crippen molar-refractivity contribution in [2.45, 2.75) is 47.0 Å². The van der Waals surface area contributed by atoms with E-state index in [-0.39, 0.29) is 23.2 Å². The van der Waals surface area contributed by atoms with E-state index in [4.69, 9.17) is 4.74 Å². The van der Waals surface area contributed by atoms with Crippen LogP contribution in [-0.4, -0.2) is 37.3 Å². The smallest absolute Gasteiger partial charge is 0.119 e. The van der Waals surface area contributed by atoms with Crippen LogP contribution < -0.4 is 4.74 Å². The third-order valence-corrected chi connectivity index (χ3v) is 5.80. The summed E-state index contributed by atoms with van der Waals surface area (Å²) in [6, 6.07) is 16.1. The normalized spacial score (nSPS) is 17.2. The molecule has 170 valence electrons. The van der Waals surface area contributed by atoms with Gasteiger partial charge >= 0.3 is 0 Å². The highest BCUT2D eigenvalue weighted by atomic mass is 35.5. The van der Waals surface area contributed by atoms with Crippen molar-refractivity contribution in [2.75, 3.05) is 27.2 Å². The molecule has 1 fully saturated rings. The number of halogens is 1. The van der Waals surface area contributed by atoms with Gasteiger partial charge < -0.3 is 14.7 Å². The van der Waals surface area contributed by atoms with Crippen LogP contribution in [0.1, 0.15) is 58.1 Å². The van der Waals surface area contributed by atoms with Crippen molar-refractivity contribution in [3.05, 3.63) is 65.2 Å². The third kappa shape index (κ3) is 7.02. The second kappa shape index (κ2) is 10.1. The van der Waals surface area contributed by atoms with Gasteiger partial charge in [0.2, 0.25) is 0 Å². The van der Waals surface area contributed by atoms with Gasteiger partial charge in [-0.15, -0.1) is 12.4 Å². The van der Waals surface area contributed by atoms with Gasteiger partial charge in [0.25, 0.3) is 0 Å². The van der Waals surface area contributed by atoms with Gasteiger partial charge in [0, 0.05) is 6.54 Å². The van der Waals surface area contributed by atoms with E-state index >= 15 is 0 Å². The van der Waals surface area contributed by atoms with Crippen molar-refractivity contribution in [1.29, 1.82) is 0 Å². The Labute approximate surface area is 194 Å². The molecule has 0 bridgehead atoms. The molecule has 0 unspecified atom stereocenters. The molecule has 1 aliphatic carbocycles. The largest absolute Gasteiger partial charge is 0.508 e. The van der Waals surface area contributed by atoms with Crippen LogP contribution in [0.5, 0.6) is 11.5 Å². The molecule has 4 heteroatoms. The Hall–Kier alpha value is -1.97. The fourth-order valence-corrected chi connectivity index (χ4v) is 5.08. The average molecular weight is 444 g/mol. The first-order chi connectivity index (χ1) is 14.0. The number of aromatic hydroxyl groups is 1. The van der Waals surface area contributed by atoms with Gasteiger partial charge in [-0.2, -0.15) is 0 Å². The van der Waals surface area contributed by atoms with E-state index in [1.54, 1.807) is 12.1 Å². The highest BCUT2D eigenvalue weighted by Gasteiger charge is 2.37. The van der Waals surface area contributed by atoms with Crippen LogP contribution >= 0.6 is 12.4 Å². The van der Waals surface area contributed by atoms with E-state index in [0.717, 1.165) is 30.7 Å². The molecule has 1 N–H and O–H groups in total. The number of phenols is 1. The Morgan fingerprint density at radius 1 is 0.871 bits per heavy atom. The van der Waals surface area contributed by atoms with Crippen LogP contribution in [0, 0.1) is 10.8 Å². The summed E-state index contributed by atoms with van der Waals surface area (Å²) in [5, 5.41) is 9.81. The second-order valence-electron chi connectivity index (χ2n) is 10.6. The number of phenolic OH excluding ortho intramolecular Hbond substituents is 1. The molecule has 0 heterocycles. The molecule has 2 aromatic rings. The molecular formula is C27H38ClNO2. The van der Waals surface area contributed by atoms with E-state index in [1.165, 1.54) is 23.1 Å². The number of ether oxygens (including phenoxy) is 1. The van der Waals surface area contributed by atoms with Crippen molar-refractivity contribution >= 4 is 18.0 Å². The predicted octanol–water partition coefficient (Wildman–Crippen LogP) is 6.79. The van der Waals surface area contributed by atoms with Gasteiger partial charge in [-0.05, 0) is 85.2 Å². The molecule has 1 aliphatic rings. The number of likely N-dealkylation sites (N-methyl/N-ethyl adjacent to an activating group) is 1. The zero-order chi connectivity index (χ0) is 21.9. The minimum atomic E-state index is 0. The molecular weight excluding hydrogens is 406 g/mol. The number of benzene rings is 2. The summed E-state index contributed by atoms with van der Waals surface area (Å²) < 4.78 is 5.89. The van der Waals surface area contributed by atoms with Crippen molar-refractivity contribution < 1.29 is 9.84 Å². The first-order valence-electron chi connectivity index (χ1n) is 10.9. The molecule has 0 amide bonds. The van der Waals surface area contributed by atoms with Crippen molar-refractivity contribution in [2.24, 2.45) is 10.8 Å². The molecule has 0 spiro atoms. The summed E-state index contributed by atoms with van der Waals surface area (Å²) >= 11 is 0. The lowest BCUT2D eigenvalue weighted by Crippen LogP contribution is -2.30. The molecule has 31 heavy (non-hydrogen) atoms. The van der Waals surface area contributed by atoms with Gasteiger partial charge in [-0.3, -0.25) is 0 Å². The number of allylic oxidation sites excluding steroid dienone is 1. The summed E-state index contributed by atoms with van der Waals surface area (Å²) in [6.45, 7) is 11.1. The predicted molar refractivity (Wildman–Crippen MR) is 133 cm³/mol. The van der Waals surface area contributed by atoms with Gasteiger partial charge in [-0.25, -0.2) is 0 Å². The van der Waals surface area contributed by atoms with E-state index < -0.39 is 0 Å². The molecule has 3 nitrogen and oxygen atoms in total. The van der Waals surface area contributed by atoms with Crippen molar-refractivity contribution in [1.82, 2.24) is 4.90 Å². The van der Waals surface area contributed by atoms with Gasteiger partial charge in [0.05, 0.1) is 0 Å². The molecule has 3 rings (SSSR count). The van der Waals surface area contributed by atoms with E-state index in [9.17, 15) is 5.11 Å². The minimum Gasteiger partial charge on any atom is -0.508 e. The standard InChI is InChI=1S/C27H37NO2.ClH/c1-26(2)17-22(18-27(3,4)19-26)25(20-7-11-23(29)12-8-20)21-9-13-24(14-10-21)30-16-15-28(5)6;/h7-14,29H,15-19H2,1-6H3;1H. The Kier molecular flexibility index (Phi) is 8.24. The third-order valence-electron chi connectivity index (χ3n) is 5.80. The molecule has 0 atom stereocenters. The molecule has 0 aromatic heterocycles. The quantitative estimate of drug-likeness (QED) is 0.533. The first kappa shape index (κ1) is 25.3. The molecule has 1 saturated carbocycles. The number of hydrogen-bond acceptors (Lipinski definition) is 3. The highest BCUT2D eigenvalue weighted by molar-refractivity contribution is 5.85. The van der Waals surface area contributed by atoms with Gasteiger partial charge in [0.1, 0.15) is 18.1 Å². The maximum atomic E-state index is 9.81. The van der Waals surface area contributed by atoms with Crippen LogP contribution in [0.25, 0.3) is 5.57 Å². The van der Waals surface area contributed by atoms with Crippen LogP contribution in [-0.2, 0) is 0 Å². The SMILES string of the molecule is CN(C)CCOc1ccc(C(=C2CC(C)(C)CC(C)(C)C2)c2ccc(O)cc2)cc1.Cl. The average Bonchev–Trinajstić information content (AvgIpc) is 2.62. The summed E-state index contributed by atoms with van der Waals surface area (Å²) in [5.74, 6) is 1.21. The molecule has 2 aromatic carbocycles. The van der Waals surface area contributed by atoms with Crippen LogP contribution in [0.4, 0.5) is 0 Å². The summed E-state index contributed by atoms with van der Waals surface area (Å²) in [5.41, 5.74) is 5.73. The Bertz CT molecular complexity index is 862. The summed E-state index contributed by atoms with van der Waals surface area (Å²) in [7, 11) is 4.10. The van der Waals surface area contributed by atoms with Crippen LogP contribution in [0.3, 0.4) is 0 Å². The lowest BCUT2D eigenvalue weighted by atomic mass is 9.62. The van der Waals surface area contributed by atoms with E-state index in [2.05, 4.69) is 71.0 Å². The second-order valence-corrected chi connectivity index (χ2v) is 10.6. The van der Waals surface area contributed by atoms with Crippen LogP contribution in [0.15, 0.2) is 54.1 Å². The molecule has 0 saturated heterocycles. The molecule has 0 aliphatic heterocycles. The maximum Gasteiger partial charge on any atom is 0.119 e. The monoisotopic (exact) mass is 443 g/mol. The zero-order valence-corrected chi connectivity index (χ0v) is 20.7. The van der Waals surface area contributed by atoms with Crippen LogP contribution in [0.2, 0.25) is 0 Å². The first-order valence-corrected chi connectivity index (χ1v) is 10.9. The fraction of sp³-hybridized carbons (Fsp3) is 0.481. The number of rotatable bonds is 6.